The van der Waals surface area contributed by atoms with E-state index in [9.17, 15) is 13.2 Å². The summed E-state index contributed by atoms with van der Waals surface area (Å²) in [5.74, 6) is 0. The van der Waals surface area contributed by atoms with Crippen molar-refractivity contribution in [3.05, 3.63) is 34.9 Å². The molecule has 0 N–H and O–H groups in total. The number of hydrogen-bond acceptors (Lipinski definition) is 1. The molecule has 1 aliphatic heterocycles. The third kappa shape index (κ3) is 1.61. The van der Waals surface area contributed by atoms with Gasteiger partial charge in [0.25, 0.3) is 0 Å². The molecule has 0 aromatic heterocycles. The molecular formula is C12H11F3O. The summed E-state index contributed by atoms with van der Waals surface area (Å²) in [4.78, 5) is 0. The number of alkyl halides is 3. The van der Waals surface area contributed by atoms with E-state index in [4.69, 9.17) is 4.74 Å². The van der Waals surface area contributed by atoms with Crippen LogP contribution in [0.3, 0.4) is 0 Å². The van der Waals surface area contributed by atoms with Crippen molar-refractivity contribution in [2.24, 2.45) is 0 Å². The molecule has 2 atom stereocenters. The Morgan fingerprint density at radius 3 is 2.81 bits per heavy atom. The topological polar surface area (TPSA) is 12.5 Å². The highest BCUT2D eigenvalue weighted by Gasteiger charge is 2.43. The van der Waals surface area contributed by atoms with Crippen molar-refractivity contribution in [1.82, 2.24) is 0 Å². The predicted octanol–water partition coefficient (Wildman–Crippen LogP) is 3.48. The molecule has 0 amide bonds. The van der Waals surface area contributed by atoms with Crippen LogP contribution in [0.25, 0.3) is 0 Å². The molecule has 4 heteroatoms. The van der Waals surface area contributed by atoms with Gasteiger partial charge in [-0.2, -0.15) is 13.2 Å². The molecule has 16 heavy (non-hydrogen) atoms. The number of halogens is 3. The standard InChI is InChI=1S/C12H11F3O/c13-12(14,15)8-4-5-9-7(6-8)2-1-3-10-11(9)16-10/h4-6,10-11H,1-3H2/t10-,11+/m0/s1. The Bertz CT molecular complexity index is 425. The first-order valence-corrected chi connectivity index (χ1v) is 5.41. The normalized spacial score (nSPS) is 27.9. The van der Waals surface area contributed by atoms with Gasteiger partial charge in [0.2, 0.25) is 0 Å². The maximum absolute atomic E-state index is 12.5. The summed E-state index contributed by atoms with van der Waals surface area (Å²) >= 11 is 0. The van der Waals surface area contributed by atoms with E-state index in [1.165, 1.54) is 6.07 Å². The molecule has 1 heterocycles. The van der Waals surface area contributed by atoms with Gasteiger partial charge in [-0.05, 0) is 42.5 Å². The largest absolute Gasteiger partial charge is 0.416 e. The van der Waals surface area contributed by atoms with Gasteiger partial charge >= 0.3 is 6.18 Å². The molecule has 3 rings (SSSR count). The van der Waals surface area contributed by atoms with Crippen molar-refractivity contribution in [3.63, 3.8) is 0 Å². The highest BCUT2D eigenvalue weighted by molar-refractivity contribution is 5.38. The number of benzene rings is 1. The Labute approximate surface area is 91.2 Å². The van der Waals surface area contributed by atoms with Crippen molar-refractivity contribution in [1.29, 1.82) is 0 Å². The van der Waals surface area contributed by atoms with E-state index < -0.39 is 11.7 Å². The molecule has 0 unspecified atom stereocenters. The first-order valence-electron chi connectivity index (χ1n) is 5.41. The van der Waals surface area contributed by atoms with E-state index in [1.54, 1.807) is 6.07 Å². The van der Waals surface area contributed by atoms with E-state index in [-0.39, 0.29) is 12.2 Å². The summed E-state index contributed by atoms with van der Waals surface area (Å²) in [6.07, 6.45) is -1.34. The summed E-state index contributed by atoms with van der Waals surface area (Å²) in [6.45, 7) is 0. The van der Waals surface area contributed by atoms with Gasteiger partial charge in [-0.25, -0.2) is 0 Å². The number of aryl methyl sites for hydroxylation is 1. The second-order valence-corrected chi connectivity index (χ2v) is 4.40. The van der Waals surface area contributed by atoms with Crippen LogP contribution in [-0.4, -0.2) is 6.10 Å². The Balaban J connectivity index is 2.01. The third-order valence-corrected chi connectivity index (χ3v) is 3.29. The lowest BCUT2D eigenvalue weighted by molar-refractivity contribution is -0.137. The first kappa shape index (κ1) is 10.1. The summed E-state index contributed by atoms with van der Waals surface area (Å²) in [7, 11) is 0. The minimum absolute atomic E-state index is 0.0554. The monoisotopic (exact) mass is 228 g/mol. The average Bonchev–Trinajstić information content (AvgIpc) is 2.94. The maximum Gasteiger partial charge on any atom is 0.416 e. The van der Waals surface area contributed by atoms with Gasteiger partial charge in [-0.3, -0.25) is 0 Å². The number of ether oxygens (including phenoxy) is 1. The van der Waals surface area contributed by atoms with Gasteiger partial charge in [-0.1, -0.05) is 6.07 Å². The van der Waals surface area contributed by atoms with Gasteiger partial charge in [0, 0.05) is 0 Å². The second-order valence-electron chi connectivity index (χ2n) is 4.40. The van der Waals surface area contributed by atoms with Crippen molar-refractivity contribution in [2.45, 2.75) is 37.6 Å². The zero-order valence-electron chi connectivity index (χ0n) is 8.55. The Hall–Kier alpha value is -1.03. The Morgan fingerprint density at radius 2 is 2.06 bits per heavy atom. The van der Waals surface area contributed by atoms with E-state index in [0.29, 0.717) is 0 Å². The second kappa shape index (κ2) is 3.23. The van der Waals surface area contributed by atoms with Crippen molar-refractivity contribution in [2.75, 3.05) is 0 Å². The molecule has 1 fully saturated rings. The molecule has 1 saturated heterocycles. The van der Waals surface area contributed by atoms with Crippen LogP contribution in [0, 0.1) is 0 Å². The fourth-order valence-corrected chi connectivity index (χ4v) is 2.41. The number of hydrogen-bond donors (Lipinski definition) is 0. The van der Waals surface area contributed by atoms with Crippen molar-refractivity contribution < 1.29 is 17.9 Å². The maximum atomic E-state index is 12.5. The molecular weight excluding hydrogens is 217 g/mol. The van der Waals surface area contributed by atoms with Gasteiger partial charge in [-0.15, -0.1) is 0 Å². The molecule has 1 nitrogen and oxygen atoms in total. The van der Waals surface area contributed by atoms with Crippen LogP contribution < -0.4 is 0 Å². The minimum atomic E-state index is -4.24. The van der Waals surface area contributed by atoms with Crippen LogP contribution >= 0.6 is 0 Å². The smallest absolute Gasteiger partial charge is 0.364 e. The Kier molecular flexibility index (Phi) is 2.05. The lowest BCUT2D eigenvalue weighted by Gasteiger charge is -2.11. The fourth-order valence-electron chi connectivity index (χ4n) is 2.41. The lowest BCUT2D eigenvalue weighted by Crippen LogP contribution is -2.06. The number of rotatable bonds is 0. The highest BCUT2D eigenvalue weighted by atomic mass is 19.4. The average molecular weight is 228 g/mol. The van der Waals surface area contributed by atoms with Crippen LogP contribution in [0.4, 0.5) is 13.2 Å². The van der Waals surface area contributed by atoms with E-state index in [1.807, 2.05) is 0 Å². The van der Waals surface area contributed by atoms with E-state index in [2.05, 4.69) is 0 Å². The highest BCUT2D eigenvalue weighted by Crippen LogP contribution is 2.46. The summed E-state index contributed by atoms with van der Waals surface area (Å²) in [5.41, 5.74) is 1.21. The molecule has 1 aliphatic carbocycles. The minimum Gasteiger partial charge on any atom is -0.364 e. The van der Waals surface area contributed by atoms with E-state index >= 15 is 0 Å². The molecule has 0 radical (unpaired) electrons. The van der Waals surface area contributed by atoms with Gasteiger partial charge in [0.05, 0.1) is 11.7 Å². The Morgan fingerprint density at radius 1 is 1.25 bits per heavy atom. The number of fused-ring (bicyclic) bond motifs is 3. The summed E-state index contributed by atoms with van der Waals surface area (Å²) < 4.78 is 43.0. The van der Waals surface area contributed by atoms with Crippen molar-refractivity contribution >= 4 is 0 Å². The molecule has 0 bridgehead atoms. The van der Waals surface area contributed by atoms with E-state index in [0.717, 1.165) is 36.5 Å². The fraction of sp³-hybridized carbons (Fsp3) is 0.500. The predicted molar refractivity (Wildman–Crippen MR) is 52.0 cm³/mol. The number of epoxide rings is 1. The summed E-state index contributed by atoms with van der Waals surface area (Å²) in [5, 5.41) is 0. The first-order chi connectivity index (χ1) is 7.55. The van der Waals surface area contributed by atoms with Gasteiger partial charge in [0.1, 0.15) is 6.10 Å². The molecule has 2 aliphatic rings. The van der Waals surface area contributed by atoms with Crippen LogP contribution in [0.15, 0.2) is 18.2 Å². The SMILES string of the molecule is FC(F)(F)c1ccc2c(c1)CCC[C@@H]1O[C@H]21. The lowest BCUT2D eigenvalue weighted by atomic mass is 9.99. The van der Waals surface area contributed by atoms with Gasteiger partial charge in [0.15, 0.2) is 0 Å². The molecule has 1 aromatic carbocycles. The molecule has 86 valence electrons. The van der Waals surface area contributed by atoms with Crippen LogP contribution in [-0.2, 0) is 17.3 Å². The summed E-state index contributed by atoms with van der Waals surface area (Å²) in [6, 6.07) is 4.01. The zero-order valence-corrected chi connectivity index (χ0v) is 8.55. The van der Waals surface area contributed by atoms with Crippen LogP contribution in [0.5, 0.6) is 0 Å². The molecule has 0 spiro atoms. The third-order valence-electron chi connectivity index (χ3n) is 3.29. The zero-order chi connectivity index (χ0) is 11.3. The van der Waals surface area contributed by atoms with Crippen LogP contribution in [0.1, 0.15) is 35.6 Å². The molecule has 1 aromatic rings. The van der Waals surface area contributed by atoms with Crippen LogP contribution in [0.2, 0.25) is 0 Å². The quantitative estimate of drug-likeness (QED) is 0.619. The molecule has 0 saturated carbocycles. The van der Waals surface area contributed by atoms with Crippen molar-refractivity contribution in [3.8, 4) is 0 Å². The van der Waals surface area contributed by atoms with Gasteiger partial charge < -0.3 is 4.74 Å².